The Bertz CT molecular complexity index is 828. The highest BCUT2D eigenvalue weighted by molar-refractivity contribution is 5.95. The Morgan fingerprint density at radius 3 is 2.21 bits per heavy atom. The summed E-state index contributed by atoms with van der Waals surface area (Å²) < 4.78 is 5.33. The third-order valence-corrected chi connectivity index (χ3v) is 4.63. The smallest absolute Gasteiger partial charge is 0.342 e. The molecule has 0 aromatic heterocycles. The van der Waals surface area contributed by atoms with E-state index in [1.54, 1.807) is 6.07 Å². The third-order valence-electron chi connectivity index (χ3n) is 4.63. The van der Waals surface area contributed by atoms with Crippen LogP contribution in [0.25, 0.3) is 0 Å². The fourth-order valence-electron chi connectivity index (χ4n) is 2.82. The molecule has 2 N–H and O–H groups in total. The minimum absolute atomic E-state index is 0.0526. The minimum atomic E-state index is -0.971. The standard InChI is InChI=1S/C23H29NO4/c1-14(2)18-11-19(15(3)4)21(25)20(12-18)23(27)28-16(5)22(26)24-13-17-9-7-6-8-10-17/h6-12,14-16,25H,13H2,1-5H3,(H,24,26)/t16-/m1/s1. The first kappa shape index (κ1) is 21.5. The van der Waals surface area contributed by atoms with Gasteiger partial charge in [-0.1, -0.05) is 64.1 Å². The van der Waals surface area contributed by atoms with Crippen LogP contribution >= 0.6 is 0 Å². The summed E-state index contributed by atoms with van der Waals surface area (Å²) in [6.45, 7) is 9.82. The highest BCUT2D eigenvalue weighted by atomic mass is 16.5. The summed E-state index contributed by atoms with van der Waals surface area (Å²) in [5.41, 5.74) is 2.69. The average Bonchev–Trinajstić information content (AvgIpc) is 2.66. The van der Waals surface area contributed by atoms with Crippen LogP contribution in [0.1, 0.15) is 73.5 Å². The van der Waals surface area contributed by atoms with Gasteiger partial charge in [-0.15, -0.1) is 0 Å². The lowest BCUT2D eigenvalue weighted by Gasteiger charge is -2.18. The minimum Gasteiger partial charge on any atom is -0.507 e. The van der Waals surface area contributed by atoms with Crippen molar-refractivity contribution in [2.24, 2.45) is 0 Å². The predicted octanol–water partition coefficient (Wildman–Crippen LogP) is 4.50. The van der Waals surface area contributed by atoms with Crippen LogP contribution in [0.5, 0.6) is 5.75 Å². The number of rotatable bonds is 7. The maximum absolute atomic E-state index is 12.6. The molecule has 0 saturated carbocycles. The quantitative estimate of drug-likeness (QED) is 0.690. The lowest BCUT2D eigenvalue weighted by molar-refractivity contribution is -0.129. The van der Waals surface area contributed by atoms with Gasteiger partial charge in [0.05, 0.1) is 0 Å². The molecule has 2 aromatic carbocycles. The number of hydrogen-bond acceptors (Lipinski definition) is 4. The van der Waals surface area contributed by atoms with Crippen molar-refractivity contribution in [3.05, 3.63) is 64.7 Å². The average molecular weight is 383 g/mol. The first-order valence-electron chi connectivity index (χ1n) is 9.60. The van der Waals surface area contributed by atoms with Crippen molar-refractivity contribution in [2.75, 3.05) is 0 Å². The fraction of sp³-hybridized carbons (Fsp3) is 0.391. The molecule has 5 nitrogen and oxygen atoms in total. The van der Waals surface area contributed by atoms with Crippen molar-refractivity contribution >= 4 is 11.9 Å². The number of carbonyl (C=O) groups excluding carboxylic acids is 2. The summed E-state index contributed by atoms with van der Waals surface area (Å²) in [6.07, 6.45) is -0.971. The Labute approximate surface area is 166 Å². The van der Waals surface area contributed by atoms with Crippen LogP contribution in [0, 0.1) is 0 Å². The molecule has 0 aliphatic carbocycles. The van der Waals surface area contributed by atoms with Gasteiger partial charge >= 0.3 is 5.97 Å². The number of ether oxygens (including phenoxy) is 1. The number of carbonyl (C=O) groups is 2. The lowest BCUT2D eigenvalue weighted by Crippen LogP contribution is -2.35. The molecule has 5 heteroatoms. The molecule has 0 aliphatic heterocycles. The molecular weight excluding hydrogens is 354 g/mol. The van der Waals surface area contributed by atoms with Crippen molar-refractivity contribution < 1.29 is 19.4 Å². The molecule has 0 fully saturated rings. The van der Waals surface area contributed by atoms with E-state index < -0.39 is 12.1 Å². The first-order valence-corrected chi connectivity index (χ1v) is 9.60. The Morgan fingerprint density at radius 1 is 1.00 bits per heavy atom. The van der Waals surface area contributed by atoms with E-state index in [-0.39, 0.29) is 29.1 Å². The SMILES string of the molecule is CC(C)c1cc(C(=O)O[C@H](C)C(=O)NCc2ccccc2)c(O)c(C(C)C)c1. The van der Waals surface area contributed by atoms with E-state index >= 15 is 0 Å². The number of aromatic hydroxyl groups is 1. The maximum Gasteiger partial charge on any atom is 0.342 e. The Morgan fingerprint density at radius 2 is 1.64 bits per heavy atom. The van der Waals surface area contributed by atoms with Gasteiger partial charge in [0, 0.05) is 6.54 Å². The zero-order valence-electron chi connectivity index (χ0n) is 17.2. The monoisotopic (exact) mass is 383 g/mol. The molecule has 0 radical (unpaired) electrons. The molecule has 0 spiro atoms. The summed E-state index contributed by atoms with van der Waals surface area (Å²) in [7, 11) is 0. The number of esters is 1. The molecule has 1 atom stereocenters. The second-order valence-electron chi connectivity index (χ2n) is 7.57. The van der Waals surface area contributed by atoms with Crippen LogP contribution in [0.4, 0.5) is 0 Å². The Hall–Kier alpha value is -2.82. The molecule has 1 amide bonds. The molecule has 150 valence electrons. The van der Waals surface area contributed by atoms with Crippen molar-refractivity contribution in [3.8, 4) is 5.75 Å². The molecule has 0 bridgehead atoms. The van der Waals surface area contributed by atoms with Crippen molar-refractivity contribution in [2.45, 2.75) is 59.1 Å². The number of nitrogens with one attached hydrogen (secondary N) is 1. The molecular formula is C23H29NO4. The zero-order valence-corrected chi connectivity index (χ0v) is 17.2. The van der Waals surface area contributed by atoms with Gasteiger partial charge < -0.3 is 15.2 Å². The Balaban J connectivity index is 2.11. The molecule has 0 unspecified atom stereocenters. The van der Waals surface area contributed by atoms with E-state index in [2.05, 4.69) is 5.32 Å². The summed E-state index contributed by atoms with van der Waals surface area (Å²) in [5, 5.41) is 13.3. The van der Waals surface area contributed by atoms with Crippen LogP contribution in [-0.2, 0) is 16.1 Å². The van der Waals surface area contributed by atoms with Gasteiger partial charge in [-0.3, -0.25) is 4.79 Å². The number of phenols is 1. The van der Waals surface area contributed by atoms with E-state index in [0.29, 0.717) is 12.1 Å². The second-order valence-corrected chi connectivity index (χ2v) is 7.57. The number of amides is 1. The largest absolute Gasteiger partial charge is 0.507 e. The van der Waals surface area contributed by atoms with Crippen LogP contribution in [0.2, 0.25) is 0 Å². The summed E-state index contributed by atoms with van der Waals surface area (Å²) >= 11 is 0. The lowest BCUT2D eigenvalue weighted by atomic mass is 9.92. The predicted molar refractivity (Wildman–Crippen MR) is 109 cm³/mol. The van der Waals surface area contributed by atoms with Gasteiger partial charge in [-0.25, -0.2) is 4.79 Å². The maximum atomic E-state index is 12.6. The van der Waals surface area contributed by atoms with Crippen LogP contribution in [-0.4, -0.2) is 23.1 Å². The highest BCUT2D eigenvalue weighted by Gasteiger charge is 2.24. The van der Waals surface area contributed by atoms with E-state index in [1.165, 1.54) is 6.92 Å². The topological polar surface area (TPSA) is 75.6 Å². The van der Waals surface area contributed by atoms with Gasteiger partial charge in [0.15, 0.2) is 6.10 Å². The summed E-state index contributed by atoms with van der Waals surface area (Å²) in [4.78, 5) is 24.9. The van der Waals surface area contributed by atoms with E-state index in [1.807, 2.05) is 64.1 Å². The summed E-state index contributed by atoms with van der Waals surface area (Å²) in [6, 6.07) is 13.0. The molecule has 0 heterocycles. The molecule has 0 aliphatic rings. The van der Waals surface area contributed by atoms with Crippen molar-refractivity contribution in [1.82, 2.24) is 5.32 Å². The third kappa shape index (κ3) is 5.35. The summed E-state index contributed by atoms with van der Waals surface area (Å²) in [5.74, 6) is -0.931. The van der Waals surface area contributed by atoms with Gasteiger partial charge in [0.1, 0.15) is 11.3 Å². The first-order chi connectivity index (χ1) is 13.2. The van der Waals surface area contributed by atoms with Gasteiger partial charge in [0.2, 0.25) is 0 Å². The molecule has 0 saturated heterocycles. The van der Waals surface area contributed by atoms with Gasteiger partial charge in [-0.05, 0) is 41.5 Å². The second kappa shape index (κ2) is 9.40. The molecule has 28 heavy (non-hydrogen) atoms. The van der Waals surface area contributed by atoms with Crippen molar-refractivity contribution in [3.63, 3.8) is 0 Å². The normalized spacial score (nSPS) is 12.1. The number of benzene rings is 2. The van der Waals surface area contributed by atoms with Crippen LogP contribution in [0.3, 0.4) is 0 Å². The Kier molecular flexibility index (Phi) is 7.21. The van der Waals surface area contributed by atoms with Gasteiger partial charge in [0.25, 0.3) is 5.91 Å². The zero-order chi connectivity index (χ0) is 20.8. The van der Waals surface area contributed by atoms with E-state index in [0.717, 1.165) is 11.1 Å². The van der Waals surface area contributed by atoms with E-state index in [4.69, 9.17) is 4.74 Å². The number of phenolic OH excluding ortho intramolecular Hbond substituents is 1. The van der Waals surface area contributed by atoms with Crippen LogP contribution in [0.15, 0.2) is 42.5 Å². The van der Waals surface area contributed by atoms with Crippen LogP contribution < -0.4 is 5.32 Å². The van der Waals surface area contributed by atoms with E-state index in [9.17, 15) is 14.7 Å². The number of hydrogen-bond donors (Lipinski definition) is 2. The van der Waals surface area contributed by atoms with Gasteiger partial charge in [-0.2, -0.15) is 0 Å². The van der Waals surface area contributed by atoms with Crippen molar-refractivity contribution in [1.29, 1.82) is 0 Å². The molecule has 2 rings (SSSR count). The fourth-order valence-corrected chi connectivity index (χ4v) is 2.82. The molecule has 2 aromatic rings. The highest BCUT2D eigenvalue weighted by Crippen LogP contribution is 2.33.